The van der Waals surface area contributed by atoms with E-state index in [1.165, 1.54) is 0 Å². The highest BCUT2D eigenvalue weighted by Gasteiger charge is 2.24. The third kappa shape index (κ3) is 2.42. The third-order valence-corrected chi connectivity index (χ3v) is 2.49. The van der Waals surface area contributed by atoms with Crippen molar-refractivity contribution in [1.82, 2.24) is 0 Å². The van der Waals surface area contributed by atoms with Crippen molar-refractivity contribution in [3.63, 3.8) is 0 Å². The van der Waals surface area contributed by atoms with Crippen LogP contribution in [-0.4, -0.2) is 12.4 Å². The number of hydrogen-bond acceptors (Lipinski definition) is 2. The molecule has 0 aliphatic carbocycles. The summed E-state index contributed by atoms with van der Waals surface area (Å²) in [4.78, 5) is 0.600. The van der Waals surface area contributed by atoms with Crippen molar-refractivity contribution in [1.29, 1.82) is 0 Å². The first-order chi connectivity index (χ1) is 6.25. The molecule has 1 aliphatic heterocycles. The van der Waals surface area contributed by atoms with E-state index in [0.29, 0.717) is 23.3 Å². The van der Waals surface area contributed by atoms with Gasteiger partial charge in [0.15, 0.2) is 0 Å². The molecule has 0 radical (unpaired) electrons. The molecule has 0 saturated carbocycles. The highest BCUT2D eigenvalue weighted by atomic mass is 32.2. The molecule has 1 atom stereocenters. The topological polar surface area (TPSA) is 12.5 Å². The highest BCUT2D eigenvalue weighted by Crippen LogP contribution is 2.33. The van der Waals surface area contributed by atoms with Gasteiger partial charge in [0.1, 0.15) is 6.10 Å². The van der Waals surface area contributed by atoms with Gasteiger partial charge in [0.05, 0.1) is 6.61 Å². The van der Waals surface area contributed by atoms with E-state index in [4.69, 9.17) is 4.74 Å². The Balaban J connectivity index is 2.12. The Morgan fingerprint density at radius 2 is 2.23 bits per heavy atom. The minimum Gasteiger partial charge on any atom is -0.368 e. The van der Waals surface area contributed by atoms with Gasteiger partial charge in [0, 0.05) is 4.90 Å². The second-order valence-corrected chi connectivity index (χ2v) is 3.84. The van der Waals surface area contributed by atoms with Gasteiger partial charge in [-0.1, -0.05) is 23.9 Å². The number of hydrogen-bond donors (Lipinski definition) is 0. The van der Waals surface area contributed by atoms with Gasteiger partial charge in [-0.05, 0) is 17.7 Å². The predicted molar refractivity (Wildman–Crippen MR) is 47.0 cm³/mol. The second kappa shape index (κ2) is 3.64. The average molecular weight is 202 g/mol. The first kappa shape index (κ1) is 8.97. The Bertz CT molecular complexity index is 299. The first-order valence-electron chi connectivity index (χ1n) is 3.92. The van der Waals surface area contributed by atoms with Crippen LogP contribution in [-0.2, 0) is 4.74 Å². The summed E-state index contributed by atoms with van der Waals surface area (Å²) >= 11 is 0.569. The number of epoxide rings is 1. The number of alkyl halides is 2. The number of halogens is 2. The molecule has 1 fully saturated rings. The number of rotatable bonds is 3. The molecule has 13 heavy (non-hydrogen) atoms. The lowest BCUT2D eigenvalue weighted by Crippen LogP contribution is -1.84. The molecule has 1 aliphatic rings. The zero-order valence-electron chi connectivity index (χ0n) is 6.74. The molecular weight excluding hydrogens is 194 g/mol. The zero-order valence-corrected chi connectivity index (χ0v) is 7.56. The summed E-state index contributed by atoms with van der Waals surface area (Å²) in [6.45, 7) is 0.711. The minimum atomic E-state index is -2.35. The molecule has 0 spiro atoms. The number of thioether (sulfide) groups is 1. The molecule has 2 rings (SSSR count). The summed E-state index contributed by atoms with van der Waals surface area (Å²) in [6.07, 6.45) is 0.137. The fraction of sp³-hybridized carbons (Fsp3) is 0.333. The van der Waals surface area contributed by atoms with Crippen molar-refractivity contribution in [2.24, 2.45) is 0 Å². The lowest BCUT2D eigenvalue weighted by molar-refractivity contribution is 0.252. The largest absolute Gasteiger partial charge is 0.368 e. The summed E-state index contributed by atoms with van der Waals surface area (Å²) in [5, 5.41) is 0. The SMILES string of the molecule is FC(F)Sc1cccc([C@H]2CO2)c1. The fourth-order valence-corrected chi connectivity index (χ4v) is 1.70. The Kier molecular flexibility index (Phi) is 2.51. The van der Waals surface area contributed by atoms with Crippen LogP contribution < -0.4 is 0 Å². The smallest absolute Gasteiger partial charge is 0.288 e. The Hall–Kier alpha value is -0.610. The van der Waals surface area contributed by atoms with Crippen LogP contribution in [0, 0.1) is 0 Å². The van der Waals surface area contributed by atoms with E-state index in [9.17, 15) is 8.78 Å². The molecule has 0 aromatic heterocycles. The molecule has 1 aromatic carbocycles. The van der Waals surface area contributed by atoms with E-state index in [-0.39, 0.29) is 6.10 Å². The van der Waals surface area contributed by atoms with Crippen molar-refractivity contribution in [3.8, 4) is 0 Å². The van der Waals surface area contributed by atoms with E-state index < -0.39 is 5.76 Å². The average Bonchev–Trinajstić information content (AvgIpc) is 2.85. The van der Waals surface area contributed by atoms with Crippen LogP contribution in [0.25, 0.3) is 0 Å². The van der Waals surface area contributed by atoms with E-state index in [1.54, 1.807) is 18.2 Å². The molecule has 1 nitrogen and oxygen atoms in total. The second-order valence-electron chi connectivity index (χ2n) is 2.77. The van der Waals surface area contributed by atoms with E-state index in [2.05, 4.69) is 0 Å². The standard InChI is InChI=1S/C9H8F2OS/c10-9(11)13-7-3-1-2-6(4-7)8-5-12-8/h1-4,8-9H,5H2/t8-/m1/s1. The molecule has 0 amide bonds. The Morgan fingerprint density at radius 3 is 2.85 bits per heavy atom. The lowest BCUT2D eigenvalue weighted by Gasteiger charge is -2.01. The maximum atomic E-state index is 12.0. The van der Waals surface area contributed by atoms with E-state index >= 15 is 0 Å². The monoisotopic (exact) mass is 202 g/mol. The van der Waals surface area contributed by atoms with Crippen molar-refractivity contribution in [2.75, 3.05) is 6.61 Å². The normalized spacial score (nSPS) is 20.7. The van der Waals surface area contributed by atoms with E-state index in [0.717, 1.165) is 5.56 Å². The molecule has 0 N–H and O–H groups in total. The van der Waals surface area contributed by atoms with Gasteiger partial charge < -0.3 is 4.74 Å². The maximum absolute atomic E-state index is 12.0. The summed E-state index contributed by atoms with van der Waals surface area (Å²) in [5.74, 6) is -2.35. The summed E-state index contributed by atoms with van der Waals surface area (Å²) in [7, 11) is 0. The Morgan fingerprint density at radius 1 is 1.46 bits per heavy atom. The van der Waals surface area contributed by atoms with E-state index in [1.807, 2.05) is 6.07 Å². The van der Waals surface area contributed by atoms with Gasteiger partial charge in [-0.2, -0.15) is 8.78 Å². The van der Waals surface area contributed by atoms with Crippen molar-refractivity contribution in [2.45, 2.75) is 16.8 Å². The molecule has 70 valence electrons. The van der Waals surface area contributed by atoms with Crippen molar-refractivity contribution < 1.29 is 13.5 Å². The van der Waals surface area contributed by atoms with Crippen LogP contribution in [0.1, 0.15) is 11.7 Å². The van der Waals surface area contributed by atoms with Gasteiger partial charge in [-0.3, -0.25) is 0 Å². The summed E-state index contributed by atoms with van der Waals surface area (Å²) in [6, 6.07) is 7.12. The molecule has 0 bridgehead atoms. The van der Waals surface area contributed by atoms with Crippen LogP contribution in [0.5, 0.6) is 0 Å². The summed E-state index contributed by atoms with van der Waals surface area (Å²) < 4.78 is 29.1. The highest BCUT2D eigenvalue weighted by molar-refractivity contribution is 7.99. The minimum absolute atomic E-state index is 0.137. The molecule has 1 heterocycles. The van der Waals surface area contributed by atoms with Crippen LogP contribution >= 0.6 is 11.8 Å². The number of benzene rings is 1. The quantitative estimate of drug-likeness (QED) is 0.551. The van der Waals surface area contributed by atoms with Crippen LogP contribution in [0.3, 0.4) is 0 Å². The molecule has 0 unspecified atom stereocenters. The van der Waals surface area contributed by atoms with Crippen LogP contribution in [0.2, 0.25) is 0 Å². The molecule has 4 heteroatoms. The zero-order chi connectivity index (χ0) is 9.26. The van der Waals surface area contributed by atoms with Gasteiger partial charge in [-0.25, -0.2) is 0 Å². The molecule has 1 aromatic rings. The van der Waals surface area contributed by atoms with Gasteiger partial charge in [0.2, 0.25) is 0 Å². The van der Waals surface area contributed by atoms with Crippen LogP contribution in [0.15, 0.2) is 29.2 Å². The predicted octanol–water partition coefficient (Wildman–Crippen LogP) is 3.07. The lowest BCUT2D eigenvalue weighted by atomic mass is 10.2. The number of ether oxygens (including phenoxy) is 1. The fourth-order valence-electron chi connectivity index (χ4n) is 1.13. The third-order valence-electron chi connectivity index (χ3n) is 1.79. The Labute approximate surface area is 79.1 Å². The first-order valence-corrected chi connectivity index (χ1v) is 4.80. The van der Waals surface area contributed by atoms with Gasteiger partial charge >= 0.3 is 0 Å². The van der Waals surface area contributed by atoms with Gasteiger partial charge in [0.25, 0.3) is 5.76 Å². The maximum Gasteiger partial charge on any atom is 0.288 e. The summed E-state index contributed by atoms with van der Waals surface area (Å²) in [5.41, 5.74) is 0.991. The van der Waals surface area contributed by atoms with Gasteiger partial charge in [-0.15, -0.1) is 0 Å². The van der Waals surface area contributed by atoms with Crippen molar-refractivity contribution >= 4 is 11.8 Å². The van der Waals surface area contributed by atoms with Crippen molar-refractivity contribution in [3.05, 3.63) is 29.8 Å². The van der Waals surface area contributed by atoms with Crippen LogP contribution in [0.4, 0.5) is 8.78 Å². The molecular formula is C9H8F2OS. The molecule has 1 saturated heterocycles.